The summed E-state index contributed by atoms with van der Waals surface area (Å²) in [6.45, 7) is 4.20. The van der Waals surface area contributed by atoms with Crippen molar-refractivity contribution in [3.63, 3.8) is 0 Å². The second kappa shape index (κ2) is 4.24. The van der Waals surface area contributed by atoms with Gasteiger partial charge >= 0.3 is 0 Å². The van der Waals surface area contributed by atoms with Gasteiger partial charge in [-0.3, -0.25) is 11.3 Å². The first-order chi connectivity index (χ1) is 5.77. The molecule has 3 N–H and O–H groups in total. The van der Waals surface area contributed by atoms with Crippen molar-refractivity contribution in [2.45, 2.75) is 26.3 Å². The molecule has 0 heterocycles. The molecule has 0 unspecified atom stereocenters. The van der Waals surface area contributed by atoms with Crippen LogP contribution in [0.5, 0.6) is 0 Å². The molecule has 1 rings (SSSR count). The SMILES string of the molecule is CC[C@@H](NN)c1ccc(C)cc1. The average molecular weight is 164 g/mol. The fraction of sp³-hybridized carbons (Fsp3) is 0.400. The fourth-order valence-corrected chi connectivity index (χ4v) is 1.25. The molecular formula is C10H16N2. The van der Waals surface area contributed by atoms with Crippen LogP contribution in [0.15, 0.2) is 24.3 Å². The molecule has 1 aromatic carbocycles. The van der Waals surface area contributed by atoms with Crippen molar-refractivity contribution in [3.05, 3.63) is 35.4 Å². The summed E-state index contributed by atoms with van der Waals surface area (Å²) in [6, 6.07) is 8.72. The molecule has 0 bridgehead atoms. The van der Waals surface area contributed by atoms with Crippen LogP contribution in [-0.4, -0.2) is 0 Å². The van der Waals surface area contributed by atoms with Gasteiger partial charge in [0.25, 0.3) is 0 Å². The lowest BCUT2D eigenvalue weighted by Crippen LogP contribution is -2.27. The highest BCUT2D eigenvalue weighted by Crippen LogP contribution is 2.15. The number of hydrogen-bond donors (Lipinski definition) is 2. The third kappa shape index (κ3) is 2.06. The number of benzene rings is 1. The monoisotopic (exact) mass is 164 g/mol. The molecular weight excluding hydrogens is 148 g/mol. The lowest BCUT2D eigenvalue weighted by molar-refractivity contribution is 0.539. The maximum Gasteiger partial charge on any atom is 0.0457 e. The van der Waals surface area contributed by atoms with Gasteiger partial charge in [-0.25, -0.2) is 0 Å². The number of hydrogen-bond acceptors (Lipinski definition) is 2. The highest BCUT2D eigenvalue weighted by atomic mass is 15.2. The van der Waals surface area contributed by atoms with Crippen LogP contribution in [0.3, 0.4) is 0 Å². The van der Waals surface area contributed by atoms with Crippen molar-refractivity contribution >= 4 is 0 Å². The van der Waals surface area contributed by atoms with Gasteiger partial charge in [0, 0.05) is 6.04 Å². The van der Waals surface area contributed by atoms with E-state index in [2.05, 4.69) is 43.5 Å². The summed E-state index contributed by atoms with van der Waals surface area (Å²) in [4.78, 5) is 0. The Hall–Kier alpha value is -0.860. The Kier molecular flexibility index (Phi) is 3.26. The van der Waals surface area contributed by atoms with E-state index in [4.69, 9.17) is 5.84 Å². The zero-order valence-corrected chi connectivity index (χ0v) is 7.67. The molecule has 0 fully saturated rings. The summed E-state index contributed by atoms with van der Waals surface area (Å²) < 4.78 is 0. The molecule has 0 saturated heterocycles. The van der Waals surface area contributed by atoms with Crippen molar-refractivity contribution in [2.24, 2.45) is 5.84 Å². The molecule has 0 aliphatic rings. The van der Waals surface area contributed by atoms with E-state index in [1.54, 1.807) is 0 Å². The molecule has 66 valence electrons. The highest BCUT2D eigenvalue weighted by Gasteiger charge is 2.04. The molecule has 1 atom stereocenters. The van der Waals surface area contributed by atoms with Crippen molar-refractivity contribution in [3.8, 4) is 0 Å². The molecule has 0 saturated carbocycles. The van der Waals surface area contributed by atoms with E-state index in [1.807, 2.05) is 0 Å². The van der Waals surface area contributed by atoms with Gasteiger partial charge in [0.1, 0.15) is 0 Å². The lowest BCUT2D eigenvalue weighted by Gasteiger charge is -2.13. The normalized spacial score (nSPS) is 12.9. The van der Waals surface area contributed by atoms with E-state index in [9.17, 15) is 0 Å². The van der Waals surface area contributed by atoms with Crippen LogP contribution in [0.25, 0.3) is 0 Å². The number of rotatable bonds is 3. The maximum atomic E-state index is 5.40. The Bertz CT molecular complexity index is 224. The van der Waals surface area contributed by atoms with Crippen molar-refractivity contribution in [2.75, 3.05) is 0 Å². The Balaban J connectivity index is 2.80. The van der Waals surface area contributed by atoms with E-state index in [-0.39, 0.29) is 6.04 Å². The largest absolute Gasteiger partial charge is 0.271 e. The zero-order chi connectivity index (χ0) is 8.97. The van der Waals surface area contributed by atoms with E-state index in [0.717, 1.165) is 6.42 Å². The first kappa shape index (κ1) is 9.23. The molecule has 2 nitrogen and oxygen atoms in total. The van der Waals surface area contributed by atoms with Crippen LogP contribution >= 0.6 is 0 Å². The molecule has 0 spiro atoms. The number of nitrogens with two attached hydrogens (primary N) is 1. The lowest BCUT2D eigenvalue weighted by atomic mass is 10.0. The predicted molar refractivity (Wildman–Crippen MR) is 51.5 cm³/mol. The molecule has 0 aliphatic heterocycles. The minimum Gasteiger partial charge on any atom is -0.271 e. The highest BCUT2D eigenvalue weighted by molar-refractivity contribution is 5.23. The van der Waals surface area contributed by atoms with E-state index < -0.39 is 0 Å². The van der Waals surface area contributed by atoms with Gasteiger partial charge in [0.05, 0.1) is 0 Å². The van der Waals surface area contributed by atoms with E-state index in [1.165, 1.54) is 11.1 Å². The zero-order valence-electron chi connectivity index (χ0n) is 7.67. The molecule has 0 amide bonds. The Morgan fingerprint density at radius 1 is 1.33 bits per heavy atom. The summed E-state index contributed by atoms with van der Waals surface area (Å²) in [6.07, 6.45) is 1.01. The van der Waals surface area contributed by atoms with Gasteiger partial charge in [0.15, 0.2) is 0 Å². The van der Waals surface area contributed by atoms with Gasteiger partial charge in [-0.05, 0) is 18.9 Å². The molecule has 0 aromatic heterocycles. The Morgan fingerprint density at radius 2 is 1.92 bits per heavy atom. The van der Waals surface area contributed by atoms with Gasteiger partial charge in [0.2, 0.25) is 0 Å². The fourth-order valence-electron chi connectivity index (χ4n) is 1.25. The number of hydrazine groups is 1. The van der Waals surface area contributed by atoms with Crippen LogP contribution < -0.4 is 11.3 Å². The predicted octanol–water partition coefficient (Wildman–Crippen LogP) is 1.91. The third-order valence-electron chi connectivity index (χ3n) is 2.09. The first-order valence-electron chi connectivity index (χ1n) is 4.30. The topological polar surface area (TPSA) is 38.0 Å². The van der Waals surface area contributed by atoms with Gasteiger partial charge < -0.3 is 0 Å². The van der Waals surface area contributed by atoms with Crippen LogP contribution in [0.2, 0.25) is 0 Å². The summed E-state index contributed by atoms with van der Waals surface area (Å²) in [7, 11) is 0. The smallest absolute Gasteiger partial charge is 0.0457 e. The summed E-state index contributed by atoms with van der Waals surface area (Å²) in [5.74, 6) is 5.40. The quantitative estimate of drug-likeness (QED) is 0.529. The van der Waals surface area contributed by atoms with Crippen molar-refractivity contribution in [1.82, 2.24) is 5.43 Å². The van der Waals surface area contributed by atoms with Crippen molar-refractivity contribution in [1.29, 1.82) is 0 Å². The average Bonchev–Trinajstić information content (AvgIpc) is 2.10. The maximum absolute atomic E-state index is 5.40. The number of aryl methyl sites for hydroxylation is 1. The number of nitrogens with one attached hydrogen (secondary N) is 1. The standard InChI is InChI=1S/C10H16N2/c1-3-10(12-11)9-6-4-8(2)5-7-9/h4-7,10,12H,3,11H2,1-2H3/t10-/m1/s1. The van der Waals surface area contributed by atoms with Crippen LogP contribution in [0.1, 0.15) is 30.5 Å². The summed E-state index contributed by atoms with van der Waals surface area (Å²) >= 11 is 0. The molecule has 12 heavy (non-hydrogen) atoms. The van der Waals surface area contributed by atoms with Gasteiger partial charge in [-0.15, -0.1) is 0 Å². The third-order valence-corrected chi connectivity index (χ3v) is 2.09. The Morgan fingerprint density at radius 3 is 2.33 bits per heavy atom. The van der Waals surface area contributed by atoms with E-state index >= 15 is 0 Å². The second-order valence-electron chi connectivity index (χ2n) is 3.04. The Labute approximate surface area is 73.8 Å². The minimum absolute atomic E-state index is 0.283. The second-order valence-corrected chi connectivity index (χ2v) is 3.04. The van der Waals surface area contributed by atoms with Gasteiger partial charge in [-0.1, -0.05) is 36.8 Å². The van der Waals surface area contributed by atoms with Crippen LogP contribution in [-0.2, 0) is 0 Å². The molecule has 0 aliphatic carbocycles. The van der Waals surface area contributed by atoms with Crippen LogP contribution in [0.4, 0.5) is 0 Å². The van der Waals surface area contributed by atoms with Crippen molar-refractivity contribution < 1.29 is 0 Å². The molecule has 2 heteroatoms. The first-order valence-corrected chi connectivity index (χ1v) is 4.30. The van der Waals surface area contributed by atoms with Gasteiger partial charge in [-0.2, -0.15) is 0 Å². The minimum atomic E-state index is 0.283. The summed E-state index contributed by atoms with van der Waals surface area (Å²) in [5.41, 5.74) is 5.33. The molecule has 1 aromatic rings. The summed E-state index contributed by atoms with van der Waals surface area (Å²) in [5, 5.41) is 0. The van der Waals surface area contributed by atoms with Crippen LogP contribution in [0, 0.1) is 6.92 Å². The van der Waals surface area contributed by atoms with E-state index in [0.29, 0.717) is 0 Å². The molecule has 0 radical (unpaired) electrons.